The number of carbonyl (C=O) groups excluding carboxylic acids is 1. The van der Waals surface area contributed by atoms with E-state index in [9.17, 15) is 40.3 Å². The van der Waals surface area contributed by atoms with Gasteiger partial charge in [0.15, 0.2) is 5.13 Å². The molecule has 1 fully saturated rings. The van der Waals surface area contributed by atoms with Gasteiger partial charge in [0.25, 0.3) is 0 Å². The van der Waals surface area contributed by atoms with E-state index in [1.807, 2.05) is 6.07 Å². The maximum absolute atomic E-state index is 14.1. The van der Waals surface area contributed by atoms with Gasteiger partial charge in [-0.25, -0.2) is 27.0 Å². The zero-order chi connectivity index (χ0) is 35.9. The van der Waals surface area contributed by atoms with Gasteiger partial charge >= 0.3 is 12.1 Å². The third-order valence-electron chi connectivity index (χ3n) is 7.11. The zero-order valence-corrected chi connectivity index (χ0v) is 26.9. The number of rotatable bonds is 10. The lowest BCUT2D eigenvalue weighted by molar-refractivity contribution is -0.192. The summed E-state index contributed by atoms with van der Waals surface area (Å²) in [6, 6.07) is 13.1. The Labute approximate surface area is 280 Å². The number of ketones is 1. The molecule has 0 saturated carbocycles. The summed E-state index contributed by atoms with van der Waals surface area (Å²) >= 11 is 0.896. The van der Waals surface area contributed by atoms with Gasteiger partial charge in [-0.15, -0.1) is 0 Å². The highest BCUT2D eigenvalue weighted by molar-refractivity contribution is 7.89. The van der Waals surface area contributed by atoms with E-state index in [1.165, 1.54) is 22.6 Å². The molecule has 262 valence electrons. The number of nitrogen functional groups attached to an aromatic ring is 1. The molecule has 12 nitrogen and oxygen atoms in total. The number of aromatic hydroxyl groups is 1. The van der Waals surface area contributed by atoms with Crippen molar-refractivity contribution < 1.29 is 50.2 Å². The highest BCUT2D eigenvalue weighted by atomic mass is 32.2. The number of phenols is 1. The van der Waals surface area contributed by atoms with Gasteiger partial charge in [-0.3, -0.25) is 9.78 Å². The first-order valence-corrected chi connectivity index (χ1v) is 16.6. The van der Waals surface area contributed by atoms with E-state index >= 15 is 0 Å². The number of hydrogen-bond acceptors (Lipinski definition) is 11. The maximum atomic E-state index is 14.1. The summed E-state index contributed by atoms with van der Waals surface area (Å²) < 4.78 is 87.7. The number of carboxylic acid groups (broad SMARTS) is 1. The molecule has 3 heterocycles. The van der Waals surface area contributed by atoms with Gasteiger partial charge < -0.3 is 26.6 Å². The van der Waals surface area contributed by atoms with Gasteiger partial charge in [0.05, 0.1) is 11.3 Å². The van der Waals surface area contributed by atoms with E-state index in [4.69, 9.17) is 15.6 Å². The van der Waals surface area contributed by atoms with Crippen molar-refractivity contribution in [1.29, 1.82) is 0 Å². The van der Waals surface area contributed by atoms with Crippen LogP contribution >= 0.6 is 11.3 Å². The highest BCUT2D eigenvalue weighted by Gasteiger charge is 2.38. The van der Waals surface area contributed by atoms with Crippen LogP contribution in [0.25, 0.3) is 0 Å². The molecule has 0 radical (unpaired) electrons. The van der Waals surface area contributed by atoms with Crippen LogP contribution in [0.15, 0.2) is 65.7 Å². The number of halogens is 5. The molecule has 5 rings (SSSR count). The lowest BCUT2D eigenvalue weighted by Crippen LogP contribution is -2.42. The smallest absolute Gasteiger partial charge is 0.490 e. The average Bonchev–Trinajstić information content (AvgIpc) is 3.41. The normalized spacial score (nSPS) is 14.1. The molecule has 1 saturated heterocycles. The molecule has 1 aliphatic heterocycles. The Morgan fingerprint density at radius 3 is 2.22 bits per heavy atom. The van der Waals surface area contributed by atoms with Crippen molar-refractivity contribution in [2.24, 2.45) is 0 Å². The first-order valence-electron chi connectivity index (χ1n) is 14.4. The predicted octanol–water partition coefficient (Wildman–Crippen LogP) is 4.89. The molecular formula is C30H29F5N6O6S2. The fourth-order valence-electron chi connectivity index (χ4n) is 4.61. The number of benzene rings is 2. The minimum atomic E-state index is -5.08. The summed E-state index contributed by atoms with van der Waals surface area (Å²) in [4.78, 5) is 30.1. The minimum absolute atomic E-state index is 0.0774. The molecule has 0 atom stereocenters. The molecule has 0 aliphatic carbocycles. The molecule has 0 unspecified atom stereocenters. The van der Waals surface area contributed by atoms with Crippen LogP contribution in [-0.2, 0) is 21.2 Å². The van der Waals surface area contributed by atoms with Crippen LogP contribution in [0.5, 0.6) is 5.75 Å². The van der Waals surface area contributed by atoms with Gasteiger partial charge in [0, 0.05) is 44.0 Å². The number of anilines is 3. The van der Waals surface area contributed by atoms with Crippen LogP contribution in [0.3, 0.4) is 0 Å². The van der Waals surface area contributed by atoms with Gasteiger partial charge in [-0.2, -0.15) is 17.5 Å². The summed E-state index contributed by atoms with van der Waals surface area (Å²) in [6.07, 6.45) is -2.26. The fourth-order valence-corrected chi connectivity index (χ4v) is 6.93. The Morgan fingerprint density at radius 1 is 1.02 bits per heavy atom. The number of para-hydroxylation sites is 2. The standard InChI is InChI=1S/C28H28F2N6O4S2.C2HF3O2/c29-20-4-3-5-21(30)24(20)25(38)26-27(31)35-28(41-26)34-18-11-14-36(15-12-18)42(39,40)19-9-8-17(33-16-19)10-13-32-22-6-1-2-7-23(22)37;3-2(4,5)1(6)7/h1-9,16,18,32,37H,10-15,31H2,(H,34,35);(H,6,7). The Balaban J connectivity index is 0.000000698. The number of hydrogen-bond donors (Lipinski definition) is 5. The SMILES string of the molecule is Nc1nc(NC2CCN(S(=O)(=O)c3ccc(CCNc4ccccc4O)nc3)CC2)sc1C(=O)c1c(F)cccc1F.O=C(O)C(F)(F)F. The van der Waals surface area contributed by atoms with E-state index in [-0.39, 0.29) is 40.5 Å². The third-order valence-corrected chi connectivity index (χ3v) is 9.99. The molecule has 6 N–H and O–H groups in total. The Bertz CT molecular complexity index is 1880. The average molecular weight is 729 g/mol. The van der Waals surface area contributed by atoms with E-state index in [2.05, 4.69) is 20.6 Å². The summed E-state index contributed by atoms with van der Waals surface area (Å²) in [7, 11) is -3.75. The van der Waals surface area contributed by atoms with E-state index in [1.54, 1.807) is 24.3 Å². The maximum Gasteiger partial charge on any atom is 0.490 e. The number of piperidine rings is 1. The summed E-state index contributed by atoms with van der Waals surface area (Å²) in [5.41, 5.74) is 6.51. The highest BCUT2D eigenvalue weighted by Crippen LogP contribution is 2.31. The van der Waals surface area contributed by atoms with E-state index in [0.29, 0.717) is 42.3 Å². The zero-order valence-electron chi connectivity index (χ0n) is 25.2. The molecule has 2 aromatic heterocycles. The first-order chi connectivity index (χ1) is 23.1. The molecule has 0 bridgehead atoms. The van der Waals surface area contributed by atoms with E-state index < -0.39 is 45.2 Å². The predicted molar refractivity (Wildman–Crippen MR) is 170 cm³/mol. The number of alkyl halides is 3. The summed E-state index contributed by atoms with van der Waals surface area (Å²) in [6.45, 7) is 1.01. The van der Waals surface area contributed by atoms with Crippen molar-refractivity contribution in [2.75, 3.05) is 36.0 Å². The number of nitrogens with two attached hydrogens (primary N) is 1. The first kappa shape index (κ1) is 36.9. The van der Waals surface area contributed by atoms with Gasteiger partial charge in [0.2, 0.25) is 15.8 Å². The number of nitrogens with one attached hydrogen (secondary N) is 2. The molecule has 0 spiro atoms. The lowest BCUT2D eigenvalue weighted by atomic mass is 10.1. The number of pyridine rings is 1. The number of carbonyl (C=O) groups is 2. The van der Waals surface area contributed by atoms with Gasteiger partial charge in [-0.1, -0.05) is 29.5 Å². The van der Waals surface area contributed by atoms with Crippen molar-refractivity contribution >= 4 is 49.7 Å². The van der Waals surface area contributed by atoms with Crippen molar-refractivity contribution in [2.45, 2.75) is 36.4 Å². The fraction of sp³-hybridized carbons (Fsp3) is 0.267. The van der Waals surface area contributed by atoms with Crippen LogP contribution < -0.4 is 16.4 Å². The minimum Gasteiger partial charge on any atom is -0.506 e. The second kappa shape index (κ2) is 15.6. The topological polar surface area (TPSA) is 188 Å². The Hall–Kier alpha value is -4.88. The Kier molecular flexibility index (Phi) is 11.7. The number of aromatic nitrogens is 2. The number of sulfonamides is 1. The van der Waals surface area contributed by atoms with Crippen molar-refractivity contribution in [3.8, 4) is 5.75 Å². The molecule has 4 aromatic rings. The monoisotopic (exact) mass is 728 g/mol. The second-order valence-electron chi connectivity index (χ2n) is 10.5. The summed E-state index contributed by atoms with van der Waals surface area (Å²) in [5.74, 6) is -5.60. The number of phenolic OH excluding ortho intramolecular Hbond substituents is 1. The van der Waals surface area contributed by atoms with Crippen LogP contribution in [-0.4, -0.2) is 76.5 Å². The van der Waals surface area contributed by atoms with Gasteiger partial charge in [0.1, 0.15) is 33.0 Å². The van der Waals surface area contributed by atoms with E-state index in [0.717, 1.165) is 23.5 Å². The number of nitrogens with zero attached hydrogens (tertiary/aromatic N) is 3. The molecular weight excluding hydrogens is 699 g/mol. The van der Waals surface area contributed by atoms with Crippen LogP contribution in [0.1, 0.15) is 33.8 Å². The second-order valence-corrected chi connectivity index (χ2v) is 13.4. The molecule has 2 aromatic carbocycles. The molecule has 49 heavy (non-hydrogen) atoms. The van der Waals surface area contributed by atoms with Gasteiger partial charge in [-0.05, 0) is 49.2 Å². The molecule has 19 heteroatoms. The van der Waals surface area contributed by atoms with Crippen molar-refractivity contribution in [3.05, 3.63) is 88.6 Å². The number of thiazole rings is 1. The number of aliphatic carboxylic acids is 1. The quantitative estimate of drug-likeness (QED) is 0.0850. The van der Waals surface area contributed by atoms with Crippen LogP contribution in [0.4, 0.5) is 38.6 Å². The van der Waals surface area contributed by atoms with Crippen LogP contribution in [0, 0.1) is 11.6 Å². The third kappa shape index (κ3) is 9.39. The molecule has 1 aliphatic rings. The van der Waals surface area contributed by atoms with Crippen molar-refractivity contribution in [1.82, 2.24) is 14.3 Å². The number of carboxylic acids is 1. The summed E-state index contributed by atoms with van der Waals surface area (Å²) in [5, 5.41) is 23.6. The van der Waals surface area contributed by atoms with Crippen molar-refractivity contribution in [3.63, 3.8) is 0 Å². The molecule has 0 amide bonds. The van der Waals surface area contributed by atoms with Crippen LogP contribution in [0.2, 0.25) is 0 Å². The lowest BCUT2D eigenvalue weighted by Gasteiger charge is -2.31. The largest absolute Gasteiger partial charge is 0.506 e. The Morgan fingerprint density at radius 2 is 1.65 bits per heavy atom.